The second kappa shape index (κ2) is 10.8. The zero-order valence-corrected chi connectivity index (χ0v) is 28.2. The van der Waals surface area contributed by atoms with Gasteiger partial charge in [0.25, 0.3) is 0 Å². The molecule has 0 atom stereocenters. The molecule has 0 saturated heterocycles. The molecule has 0 amide bonds. The van der Waals surface area contributed by atoms with Crippen molar-refractivity contribution in [1.82, 2.24) is 24.1 Å². The van der Waals surface area contributed by atoms with Crippen LogP contribution in [0.2, 0.25) is 0 Å². The van der Waals surface area contributed by atoms with Gasteiger partial charge in [0.05, 0.1) is 16.7 Å². The van der Waals surface area contributed by atoms with Gasteiger partial charge in [0.2, 0.25) is 0 Å². The summed E-state index contributed by atoms with van der Waals surface area (Å²) < 4.78 is 11.2. The van der Waals surface area contributed by atoms with Crippen molar-refractivity contribution >= 4 is 49.3 Å². The third kappa shape index (κ3) is 4.59. The number of hydrogen-bond donors (Lipinski definition) is 0. The van der Waals surface area contributed by atoms with Gasteiger partial charge in [-0.3, -0.25) is 8.97 Å². The fourth-order valence-corrected chi connectivity index (χ4v) is 7.32. The number of ether oxygens (including phenoxy) is 1. The Morgan fingerprint density at radius 2 is 1.29 bits per heavy atom. The topological polar surface area (TPSA) is 57.2 Å². The minimum atomic E-state index is -0.111. The standard InChI is InChI=1S/C43H35N5O/c1-26-12-10-13-27(2)39(26)42-46-45-41-36-25-30(19-20-32(36)33-14-6-9-18-38(33)48(41)42)49-31-23-28(43(3,4)5)22-29(24-31)47-37-17-8-7-15-34(37)35-16-11-21-44-40(35)47/h6-25H,1-5H3. The van der Waals surface area contributed by atoms with E-state index in [0.717, 1.165) is 72.4 Å². The Morgan fingerprint density at radius 3 is 2.06 bits per heavy atom. The Labute approximate surface area is 284 Å². The highest BCUT2D eigenvalue weighted by Crippen LogP contribution is 2.39. The molecular formula is C43H35N5O. The summed E-state index contributed by atoms with van der Waals surface area (Å²) >= 11 is 0. The molecule has 0 fully saturated rings. The van der Waals surface area contributed by atoms with Crippen LogP contribution in [0.5, 0.6) is 11.5 Å². The van der Waals surface area contributed by atoms with Crippen LogP contribution in [0.25, 0.3) is 66.3 Å². The van der Waals surface area contributed by atoms with Crippen LogP contribution in [-0.4, -0.2) is 24.1 Å². The summed E-state index contributed by atoms with van der Waals surface area (Å²) in [5.74, 6) is 2.34. The molecule has 238 valence electrons. The molecule has 49 heavy (non-hydrogen) atoms. The van der Waals surface area contributed by atoms with Gasteiger partial charge in [-0.15, -0.1) is 10.2 Å². The first-order valence-electron chi connectivity index (χ1n) is 16.7. The van der Waals surface area contributed by atoms with Crippen molar-refractivity contribution in [2.45, 2.75) is 40.0 Å². The third-order valence-corrected chi connectivity index (χ3v) is 9.72. The third-order valence-electron chi connectivity index (χ3n) is 9.72. The molecule has 4 heterocycles. The number of pyridine rings is 2. The zero-order chi connectivity index (χ0) is 33.4. The quantitative estimate of drug-likeness (QED) is 0.180. The molecule has 0 bridgehead atoms. The highest BCUT2D eigenvalue weighted by molar-refractivity contribution is 6.12. The molecule has 9 rings (SSSR count). The molecule has 0 radical (unpaired) electrons. The predicted molar refractivity (Wildman–Crippen MR) is 200 cm³/mol. The summed E-state index contributed by atoms with van der Waals surface area (Å²) in [6, 6.07) is 40.3. The molecule has 0 unspecified atom stereocenters. The van der Waals surface area contributed by atoms with Gasteiger partial charge < -0.3 is 4.74 Å². The van der Waals surface area contributed by atoms with Crippen molar-refractivity contribution in [3.05, 3.63) is 138 Å². The Balaban J connectivity index is 1.24. The number of para-hydroxylation sites is 2. The summed E-state index contributed by atoms with van der Waals surface area (Å²) in [5, 5.41) is 15.1. The molecule has 0 aliphatic heterocycles. The molecule has 0 spiro atoms. The SMILES string of the molecule is Cc1cccc(C)c1-c1nnc2c3cc(Oc4cc(-n5c6ccccc6c6cccnc65)cc(C(C)(C)C)c4)ccc3c3ccccc3n12. The molecule has 9 aromatic rings. The lowest BCUT2D eigenvalue weighted by Gasteiger charge is -2.22. The van der Waals surface area contributed by atoms with E-state index < -0.39 is 0 Å². The molecule has 6 heteroatoms. The average molecular weight is 638 g/mol. The van der Waals surface area contributed by atoms with Gasteiger partial charge in [-0.1, -0.05) is 75.4 Å². The van der Waals surface area contributed by atoms with Crippen LogP contribution in [0.4, 0.5) is 0 Å². The number of benzene rings is 5. The molecule has 0 aliphatic rings. The average Bonchev–Trinajstić information content (AvgIpc) is 3.68. The summed E-state index contributed by atoms with van der Waals surface area (Å²) in [6.45, 7) is 11.0. The number of fused-ring (bicyclic) bond motifs is 9. The van der Waals surface area contributed by atoms with Crippen LogP contribution in [0.15, 0.2) is 121 Å². The fraction of sp³-hybridized carbons (Fsp3) is 0.140. The molecular weight excluding hydrogens is 603 g/mol. The molecule has 0 saturated carbocycles. The normalized spacial score (nSPS) is 12.2. The lowest BCUT2D eigenvalue weighted by molar-refractivity contribution is 0.479. The van der Waals surface area contributed by atoms with E-state index in [-0.39, 0.29) is 5.41 Å². The smallest absolute Gasteiger partial charge is 0.169 e. The van der Waals surface area contributed by atoms with E-state index in [1.165, 1.54) is 22.1 Å². The van der Waals surface area contributed by atoms with Crippen molar-refractivity contribution in [2.75, 3.05) is 0 Å². The minimum absolute atomic E-state index is 0.111. The number of hydrogen-bond acceptors (Lipinski definition) is 4. The van der Waals surface area contributed by atoms with Crippen LogP contribution >= 0.6 is 0 Å². The molecule has 5 aromatic carbocycles. The number of rotatable bonds is 4. The maximum Gasteiger partial charge on any atom is 0.169 e. The minimum Gasteiger partial charge on any atom is -0.457 e. The van der Waals surface area contributed by atoms with Crippen LogP contribution in [0, 0.1) is 13.8 Å². The summed E-state index contributed by atoms with van der Waals surface area (Å²) in [5.41, 5.74) is 9.43. The van der Waals surface area contributed by atoms with E-state index in [2.05, 4.69) is 153 Å². The maximum absolute atomic E-state index is 6.78. The van der Waals surface area contributed by atoms with E-state index in [1.807, 2.05) is 12.3 Å². The second-order valence-electron chi connectivity index (χ2n) is 14.0. The molecule has 4 aromatic heterocycles. The first-order chi connectivity index (χ1) is 23.8. The van der Waals surface area contributed by atoms with Gasteiger partial charge in [0, 0.05) is 39.4 Å². The Bertz CT molecular complexity index is 2690. The number of nitrogens with zero attached hydrogens (tertiary/aromatic N) is 5. The van der Waals surface area contributed by atoms with Crippen LogP contribution in [-0.2, 0) is 5.41 Å². The number of aromatic nitrogens is 5. The van der Waals surface area contributed by atoms with Crippen molar-refractivity contribution < 1.29 is 4.74 Å². The molecule has 6 nitrogen and oxygen atoms in total. The second-order valence-corrected chi connectivity index (χ2v) is 14.0. The van der Waals surface area contributed by atoms with Crippen molar-refractivity contribution in [2.24, 2.45) is 0 Å². The molecule has 0 N–H and O–H groups in total. The van der Waals surface area contributed by atoms with E-state index >= 15 is 0 Å². The lowest BCUT2D eigenvalue weighted by atomic mass is 9.86. The monoisotopic (exact) mass is 637 g/mol. The van der Waals surface area contributed by atoms with E-state index in [9.17, 15) is 0 Å². The van der Waals surface area contributed by atoms with Gasteiger partial charge in [0.1, 0.15) is 17.1 Å². The first kappa shape index (κ1) is 29.2. The lowest BCUT2D eigenvalue weighted by Crippen LogP contribution is -2.12. The van der Waals surface area contributed by atoms with Crippen LogP contribution in [0.3, 0.4) is 0 Å². The van der Waals surface area contributed by atoms with E-state index in [4.69, 9.17) is 19.9 Å². The Kier molecular flexibility index (Phi) is 6.40. The Hall–Kier alpha value is -6.01. The van der Waals surface area contributed by atoms with Gasteiger partial charge >= 0.3 is 0 Å². The Morgan fingerprint density at radius 1 is 0.571 bits per heavy atom. The van der Waals surface area contributed by atoms with Crippen molar-refractivity contribution in [3.8, 4) is 28.6 Å². The summed E-state index contributed by atoms with van der Waals surface area (Å²) in [7, 11) is 0. The fourth-order valence-electron chi connectivity index (χ4n) is 7.32. The highest BCUT2D eigenvalue weighted by atomic mass is 16.5. The van der Waals surface area contributed by atoms with Crippen molar-refractivity contribution in [1.29, 1.82) is 0 Å². The van der Waals surface area contributed by atoms with Crippen LogP contribution in [0.1, 0.15) is 37.5 Å². The van der Waals surface area contributed by atoms with Gasteiger partial charge in [-0.25, -0.2) is 4.98 Å². The highest BCUT2D eigenvalue weighted by Gasteiger charge is 2.21. The van der Waals surface area contributed by atoms with Crippen molar-refractivity contribution in [3.63, 3.8) is 0 Å². The summed E-state index contributed by atoms with van der Waals surface area (Å²) in [4.78, 5) is 4.83. The van der Waals surface area contributed by atoms with Gasteiger partial charge in [-0.2, -0.15) is 0 Å². The predicted octanol–water partition coefficient (Wildman–Crippen LogP) is 10.9. The largest absolute Gasteiger partial charge is 0.457 e. The van der Waals surface area contributed by atoms with Crippen LogP contribution < -0.4 is 4.74 Å². The van der Waals surface area contributed by atoms with Gasteiger partial charge in [0.15, 0.2) is 11.5 Å². The zero-order valence-electron chi connectivity index (χ0n) is 28.2. The molecule has 0 aliphatic carbocycles. The van der Waals surface area contributed by atoms with E-state index in [0.29, 0.717) is 0 Å². The maximum atomic E-state index is 6.78. The van der Waals surface area contributed by atoms with Gasteiger partial charge in [-0.05, 0) is 95.9 Å². The first-order valence-corrected chi connectivity index (χ1v) is 16.7. The number of aryl methyl sites for hydroxylation is 2. The van der Waals surface area contributed by atoms with E-state index in [1.54, 1.807) is 0 Å². The summed E-state index contributed by atoms with van der Waals surface area (Å²) in [6.07, 6.45) is 1.86.